The maximum Gasteiger partial charge on any atom is 0.409 e. The molecule has 0 saturated carbocycles. The van der Waals surface area contributed by atoms with Gasteiger partial charge in [-0.15, -0.1) is 0 Å². The number of ether oxygens (including phenoxy) is 1. The van der Waals surface area contributed by atoms with E-state index < -0.39 is 6.09 Å². The molecule has 4 N–H and O–H groups in total. The molecule has 0 radical (unpaired) electrons. The van der Waals surface area contributed by atoms with E-state index in [-0.39, 0.29) is 0 Å². The summed E-state index contributed by atoms with van der Waals surface area (Å²) in [5, 5.41) is 1.06. The summed E-state index contributed by atoms with van der Waals surface area (Å²) in [4.78, 5) is 10.8. The van der Waals surface area contributed by atoms with E-state index in [9.17, 15) is 4.79 Å². The second-order valence-electron chi connectivity index (χ2n) is 4.08. The predicted molar refractivity (Wildman–Crippen MR) is 70.6 cm³/mol. The summed E-state index contributed by atoms with van der Waals surface area (Å²) in [7, 11) is 0. The van der Waals surface area contributed by atoms with Crippen molar-refractivity contribution >= 4 is 17.0 Å². The molecular formula is C13H17N3O2. The smallest absolute Gasteiger partial charge is 0.409 e. The monoisotopic (exact) mass is 247 g/mol. The number of amides is 1. The number of aryl methyl sites for hydroxylation is 1. The summed E-state index contributed by atoms with van der Waals surface area (Å²) in [6.07, 6.45) is 2.08. The fourth-order valence-corrected chi connectivity index (χ4v) is 2.15. The molecule has 1 amide bonds. The predicted octanol–water partition coefficient (Wildman–Crippen LogP) is 1.62. The van der Waals surface area contributed by atoms with Gasteiger partial charge < -0.3 is 20.8 Å². The normalized spacial score (nSPS) is 10.8. The molecule has 0 aliphatic heterocycles. The molecule has 0 spiro atoms. The molecule has 1 aromatic heterocycles. The molecule has 0 aliphatic rings. The zero-order chi connectivity index (χ0) is 13.1. The van der Waals surface area contributed by atoms with E-state index in [4.69, 9.17) is 16.2 Å². The Morgan fingerprint density at radius 2 is 2.22 bits per heavy atom. The number of carbonyl (C=O) groups excluding carboxylic acids is 1. The highest BCUT2D eigenvalue weighted by Crippen LogP contribution is 2.26. The molecule has 0 unspecified atom stereocenters. The average Bonchev–Trinajstić information content (AvgIpc) is 2.67. The van der Waals surface area contributed by atoms with Gasteiger partial charge in [-0.1, -0.05) is 0 Å². The number of hydrogen-bond donors (Lipinski definition) is 2. The molecule has 1 aromatic carbocycles. The topological polar surface area (TPSA) is 83.3 Å². The Bertz CT molecular complexity index is 575. The van der Waals surface area contributed by atoms with Crippen molar-refractivity contribution in [3.63, 3.8) is 0 Å². The van der Waals surface area contributed by atoms with Gasteiger partial charge in [-0.2, -0.15) is 0 Å². The van der Waals surface area contributed by atoms with E-state index in [2.05, 4.69) is 17.7 Å². The number of aromatic nitrogens is 1. The minimum atomic E-state index is -0.801. The van der Waals surface area contributed by atoms with Crippen molar-refractivity contribution in [2.75, 3.05) is 6.54 Å². The fourth-order valence-electron chi connectivity index (χ4n) is 2.15. The minimum Gasteiger partial charge on any atom is -0.410 e. The molecule has 1 heterocycles. The highest BCUT2D eigenvalue weighted by molar-refractivity contribution is 5.86. The minimum absolute atomic E-state index is 0.460. The number of rotatable bonds is 4. The lowest BCUT2D eigenvalue weighted by Crippen LogP contribution is -2.16. The van der Waals surface area contributed by atoms with Gasteiger partial charge in [-0.3, -0.25) is 0 Å². The van der Waals surface area contributed by atoms with Crippen LogP contribution in [0.2, 0.25) is 0 Å². The van der Waals surface area contributed by atoms with Gasteiger partial charge in [0, 0.05) is 23.6 Å². The van der Waals surface area contributed by atoms with Gasteiger partial charge >= 0.3 is 6.09 Å². The third kappa shape index (κ3) is 2.31. The van der Waals surface area contributed by atoms with Crippen LogP contribution in [0.15, 0.2) is 24.4 Å². The second-order valence-corrected chi connectivity index (χ2v) is 4.08. The molecule has 18 heavy (non-hydrogen) atoms. The molecule has 2 aromatic rings. The number of carbonyl (C=O) groups is 1. The van der Waals surface area contributed by atoms with Crippen LogP contribution in [0.4, 0.5) is 4.79 Å². The van der Waals surface area contributed by atoms with Crippen molar-refractivity contribution in [3.05, 3.63) is 30.0 Å². The standard InChI is InChI=1S/C13H17N3O2/c1-2-16-8-9(5-6-14)11-7-10(18-13(15)17)3-4-12(11)16/h3-4,7-8H,2,5-6,14H2,1H3,(H2,15,17). The lowest BCUT2D eigenvalue weighted by molar-refractivity contribution is 0.211. The third-order valence-corrected chi connectivity index (χ3v) is 2.91. The van der Waals surface area contributed by atoms with Gasteiger partial charge in [0.2, 0.25) is 0 Å². The number of hydrogen-bond acceptors (Lipinski definition) is 3. The number of nitrogens with zero attached hydrogens (tertiary/aromatic N) is 1. The third-order valence-electron chi connectivity index (χ3n) is 2.91. The van der Waals surface area contributed by atoms with Crippen LogP contribution in [0.25, 0.3) is 10.9 Å². The summed E-state index contributed by atoms with van der Waals surface area (Å²) < 4.78 is 7.04. The molecule has 2 rings (SSSR count). The lowest BCUT2D eigenvalue weighted by atomic mass is 10.1. The van der Waals surface area contributed by atoms with E-state index >= 15 is 0 Å². The lowest BCUT2D eigenvalue weighted by Gasteiger charge is -2.03. The van der Waals surface area contributed by atoms with Crippen LogP contribution in [0.1, 0.15) is 12.5 Å². The molecule has 0 saturated heterocycles. The highest BCUT2D eigenvalue weighted by atomic mass is 16.5. The van der Waals surface area contributed by atoms with Crippen LogP contribution in [-0.2, 0) is 13.0 Å². The summed E-state index contributed by atoms with van der Waals surface area (Å²) >= 11 is 0. The zero-order valence-corrected chi connectivity index (χ0v) is 10.3. The van der Waals surface area contributed by atoms with Gasteiger partial charge in [0.15, 0.2) is 0 Å². The Labute approximate surface area is 105 Å². The van der Waals surface area contributed by atoms with Gasteiger partial charge in [-0.25, -0.2) is 4.79 Å². The van der Waals surface area contributed by atoms with Crippen molar-refractivity contribution in [1.29, 1.82) is 0 Å². The molecule has 0 fully saturated rings. The summed E-state index contributed by atoms with van der Waals surface area (Å²) in [5.41, 5.74) is 12.9. The number of benzene rings is 1. The van der Waals surface area contributed by atoms with Crippen molar-refractivity contribution in [1.82, 2.24) is 4.57 Å². The van der Waals surface area contributed by atoms with E-state index in [1.54, 1.807) is 6.07 Å². The SMILES string of the molecule is CCn1cc(CCN)c2cc(OC(N)=O)ccc21. The van der Waals surface area contributed by atoms with Crippen molar-refractivity contribution in [2.24, 2.45) is 11.5 Å². The van der Waals surface area contributed by atoms with Crippen LogP contribution in [0, 0.1) is 0 Å². The van der Waals surface area contributed by atoms with E-state index in [1.165, 1.54) is 0 Å². The first-order valence-corrected chi connectivity index (χ1v) is 5.94. The molecule has 5 heteroatoms. The average molecular weight is 247 g/mol. The summed E-state index contributed by atoms with van der Waals surface area (Å²) in [5.74, 6) is 0.460. The molecule has 0 bridgehead atoms. The summed E-state index contributed by atoms with van der Waals surface area (Å²) in [6.45, 7) is 3.56. The maximum atomic E-state index is 10.8. The van der Waals surface area contributed by atoms with Crippen molar-refractivity contribution in [3.8, 4) is 5.75 Å². The molecule has 5 nitrogen and oxygen atoms in total. The van der Waals surface area contributed by atoms with Crippen molar-refractivity contribution in [2.45, 2.75) is 19.9 Å². The quantitative estimate of drug-likeness (QED) is 0.861. The summed E-state index contributed by atoms with van der Waals surface area (Å²) in [6, 6.07) is 5.50. The van der Waals surface area contributed by atoms with Crippen LogP contribution in [0.5, 0.6) is 5.75 Å². The maximum absolute atomic E-state index is 10.8. The largest absolute Gasteiger partial charge is 0.410 e. The first kappa shape index (κ1) is 12.4. The Morgan fingerprint density at radius 3 is 2.83 bits per heavy atom. The van der Waals surface area contributed by atoms with Gasteiger partial charge in [-0.05, 0) is 43.7 Å². The van der Waals surface area contributed by atoms with E-state index in [0.717, 1.165) is 29.4 Å². The molecule has 0 atom stereocenters. The Hall–Kier alpha value is -2.01. The highest BCUT2D eigenvalue weighted by Gasteiger charge is 2.09. The Balaban J connectivity index is 2.51. The molecule has 0 aliphatic carbocycles. The van der Waals surface area contributed by atoms with Crippen LogP contribution < -0.4 is 16.2 Å². The van der Waals surface area contributed by atoms with Gasteiger partial charge in [0.1, 0.15) is 5.75 Å². The van der Waals surface area contributed by atoms with Crippen LogP contribution >= 0.6 is 0 Å². The van der Waals surface area contributed by atoms with Crippen LogP contribution in [-0.4, -0.2) is 17.2 Å². The van der Waals surface area contributed by atoms with E-state index in [0.29, 0.717) is 12.3 Å². The van der Waals surface area contributed by atoms with Crippen LogP contribution in [0.3, 0.4) is 0 Å². The molecule has 96 valence electrons. The Kier molecular flexibility index (Phi) is 3.53. The number of nitrogens with two attached hydrogens (primary N) is 2. The number of fused-ring (bicyclic) bond motifs is 1. The van der Waals surface area contributed by atoms with Gasteiger partial charge in [0.25, 0.3) is 0 Å². The number of primary amides is 1. The first-order valence-electron chi connectivity index (χ1n) is 5.94. The van der Waals surface area contributed by atoms with E-state index in [1.807, 2.05) is 12.1 Å². The fraction of sp³-hybridized carbons (Fsp3) is 0.308. The second kappa shape index (κ2) is 5.10. The molecular weight excluding hydrogens is 230 g/mol. The Morgan fingerprint density at radius 1 is 1.44 bits per heavy atom. The zero-order valence-electron chi connectivity index (χ0n) is 10.3. The first-order chi connectivity index (χ1) is 8.65. The van der Waals surface area contributed by atoms with Gasteiger partial charge in [0.05, 0.1) is 0 Å². The van der Waals surface area contributed by atoms with Crippen molar-refractivity contribution < 1.29 is 9.53 Å².